The van der Waals surface area contributed by atoms with Crippen molar-refractivity contribution in [1.29, 1.82) is 5.39 Å². The average molecular weight is 300 g/mol. The number of hydrogen-bond acceptors (Lipinski definition) is 3. The maximum atomic E-state index is 12.3. The van der Waals surface area contributed by atoms with E-state index < -0.39 is 11.4 Å². The molecule has 0 aromatic heterocycles. The molecule has 4 nitrogen and oxygen atoms in total. The van der Waals surface area contributed by atoms with Gasteiger partial charge in [-0.25, -0.2) is 0 Å². The van der Waals surface area contributed by atoms with Crippen LogP contribution in [0.1, 0.15) is 45.6 Å². The lowest BCUT2D eigenvalue weighted by Gasteiger charge is -2.46. The van der Waals surface area contributed by atoms with Crippen LogP contribution in [-0.2, 0) is 10.2 Å². The highest BCUT2D eigenvalue weighted by atomic mass is 16.4. The molecule has 0 amide bonds. The molecule has 0 aliphatic heterocycles. The Balaban J connectivity index is 2.62. The van der Waals surface area contributed by atoms with Crippen molar-refractivity contribution in [2.45, 2.75) is 51.5 Å². The van der Waals surface area contributed by atoms with Crippen LogP contribution in [0.25, 0.3) is 4.98 Å². The Kier molecular flexibility index (Phi) is 4.85. The Morgan fingerprint density at radius 3 is 2.45 bits per heavy atom. The van der Waals surface area contributed by atoms with Gasteiger partial charge in [0.1, 0.15) is 4.98 Å². The van der Waals surface area contributed by atoms with E-state index in [1.807, 2.05) is 44.2 Å². The first-order valence-corrected chi connectivity index (χ1v) is 8.05. The first-order chi connectivity index (χ1) is 10.4. The summed E-state index contributed by atoms with van der Waals surface area (Å²) in [6, 6.07) is 8.94. The van der Waals surface area contributed by atoms with Crippen molar-refractivity contribution in [2.75, 3.05) is 0 Å². The lowest BCUT2D eigenvalue weighted by Crippen LogP contribution is -2.58. The van der Waals surface area contributed by atoms with Gasteiger partial charge in [-0.2, -0.15) is 0 Å². The third-order valence-electron chi connectivity index (χ3n) is 5.31. The van der Waals surface area contributed by atoms with E-state index in [0.29, 0.717) is 5.92 Å². The summed E-state index contributed by atoms with van der Waals surface area (Å²) in [5.41, 5.74) is -0.384. The van der Waals surface area contributed by atoms with E-state index in [1.165, 1.54) is 0 Å². The smallest absolute Gasteiger partial charge is 0.318 e. The molecule has 1 aromatic rings. The fourth-order valence-electron chi connectivity index (χ4n) is 4.19. The van der Waals surface area contributed by atoms with E-state index in [9.17, 15) is 15.3 Å². The second-order valence-electron chi connectivity index (χ2n) is 6.88. The second kappa shape index (κ2) is 6.48. The number of carbonyl (C=O) groups is 1. The Bertz CT molecular complexity index is 564. The van der Waals surface area contributed by atoms with E-state index in [0.717, 1.165) is 24.8 Å². The van der Waals surface area contributed by atoms with E-state index in [2.05, 4.69) is 11.9 Å². The SMILES string of the molecule is CC1CCC([N+]#N)C(C(C(=O)[O-])(c2ccccc2)C(C)C)C1. The van der Waals surface area contributed by atoms with Gasteiger partial charge in [-0.1, -0.05) is 51.1 Å². The molecule has 0 N–H and O–H groups in total. The number of benzene rings is 1. The zero-order chi connectivity index (χ0) is 16.3. The van der Waals surface area contributed by atoms with E-state index >= 15 is 0 Å². The summed E-state index contributed by atoms with van der Waals surface area (Å²) < 4.78 is 0. The fraction of sp³-hybridized carbons (Fsp3) is 0.611. The molecule has 0 radical (unpaired) electrons. The van der Waals surface area contributed by atoms with Gasteiger partial charge in [0.15, 0.2) is 0 Å². The van der Waals surface area contributed by atoms with Crippen LogP contribution in [0.5, 0.6) is 0 Å². The van der Waals surface area contributed by atoms with Crippen LogP contribution in [-0.4, -0.2) is 12.0 Å². The second-order valence-corrected chi connectivity index (χ2v) is 6.88. The third-order valence-corrected chi connectivity index (χ3v) is 5.31. The zero-order valence-corrected chi connectivity index (χ0v) is 13.5. The molecule has 4 unspecified atom stereocenters. The predicted octanol–water partition coefficient (Wildman–Crippen LogP) is 2.99. The van der Waals surface area contributed by atoms with E-state index in [4.69, 9.17) is 0 Å². The van der Waals surface area contributed by atoms with Crippen LogP contribution in [0.2, 0.25) is 0 Å². The summed E-state index contributed by atoms with van der Waals surface area (Å²) in [4.78, 5) is 15.8. The summed E-state index contributed by atoms with van der Waals surface area (Å²) in [5, 5.41) is 21.7. The van der Waals surface area contributed by atoms with Crippen molar-refractivity contribution in [3.05, 3.63) is 40.9 Å². The number of hydrogen-bond donors (Lipinski definition) is 0. The van der Waals surface area contributed by atoms with Crippen molar-refractivity contribution >= 4 is 5.97 Å². The number of aliphatic carboxylic acids is 1. The topological polar surface area (TPSA) is 68.3 Å². The largest absolute Gasteiger partial charge is 0.549 e. The molecule has 1 aromatic carbocycles. The van der Waals surface area contributed by atoms with Gasteiger partial charge in [-0.3, -0.25) is 0 Å². The standard InChI is InChI=1S/C18H24N2O2/c1-12(2)18(17(21)22,14-7-5-4-6-8-14)15-11-13(3)9-10-16(15)20-19/h4-8,12-13,15-16H,9-11H2,1-3H3. The molecular weight excluding hydrogens is 276 g/mol. The maximum Gasteiger partial charge on any atom is 0.318 e. The molecule has 1 aliphatic carbocycles. The number of carbonyl (C=O) groups excluding carboxylic acids is 1. The molecule has 1 aliphatic rings. The highest BCUT2D eigenvalue weighted by Crippen LogP contribution is 2.48. The Hall–Kier alpha value is -1.89. The fourth-order valence-corrected chi connectivity index (χ4v) is 4.19. The minimum absolute atomic E-state index is 0.153. The molecule has 0 spiro atoms. The van der Waals surface area contributed by atoms with Crippen LogP contribution >= 0.6 is 0 Å². The summed E-state index contributed by atoms with van der Waals surface area (Å²) in [6.07, 6.45) is 2.41. The quantitative estimate of drug-likeness (QED) is 0.803. The van der Waals surface area contributed by atoms with Crippen molar-refractivity contribution in [3.8, 4) is 0 Å². The monoisotopic (exact) mass is 300 g/mol. The lowest BCUT2D eigenvalue weighted by molar-refractivity contribution is -0.318. The highest BCUT2D eigenvalue weighted by molar-refractivity contribution is 5.80. The van der Waals surface area contributed by atoms with E-state index in [-0.39, 0.29) is 17.9 Å². The highest BCUT2D eigenvalue weighted by Gasteiger charge is 2.54. The van der Waals surface area contributed by atoms with Gasteiger partial charge in [0.05, 0.1) is 11.9 Å². The molecule has 0 bridgehead atoms. The van der Waals surface area contributed by atoms with Crippen LogP contribution in [0.4, 0.5) is 0 Å². The normalized spacial score (nSPS) is 27.9. The molecular formula is C18H24N2O2. The zero-order valence-electron chi connectivity index (χ0n) is 13.5. The Labute approximate surface area is 132 Å². The van der Waals surface area contributed by atoms with Gasteiger partial charge in [0, 0.05) is 11.8 Å². The molecule has 4 atom stereocenters. The maximum absolute atomic E-state index is 12.3. The van der Waals surface area contributed by atoms with E-state index in [1.54, 1.807) is 0 Å². The minimum atomic E-state index is -1.13. The van der Waals surface area contributed by atoms with Gasteiger partial charge in [0.25, 0.3) is 0 Å². The van der Waals surface area contributed by atoms with Gasteiger partial charge in [-0.15, -0.1) is 0 Å². The molecule has 22 heavy (non-hydrogen) atoms. The summed E-state index contributed by atoms with van der Waals surface area (Å²) in [6.45, 7) is 5.96. The van der Waals surface area contributed by atoms with Crippen molar-refractivity contribution in [2.24, 2.45) is 17.8 Å². The molecule has 1 saturated carbocycles. The lowest BCUT2D eigenvalue weighted by atomic mass is 9.57. The Morgan fingerprint density at radius 1 is 1.32 bits per heavy atom. The predicted molar refractivity (Wildman–Crippen MR) is 83.3 cm³/mol. The van der Waals surface area contributed by atoms with Crippen molar-refractivity contribution in [1.82, 2.24) is 0 Å². The van der Waals surface area contributed by atoms with Crippen LogP contribution < -0.4 is 5.11 Å². The third kappa shape index (κ3) is 2.61. The number of rotatable bonds is 4. The summed E-state index contributed by atoms with van der Waals surface area (Å²) >= 11 is 0. The Morgan fingerprint density at radius 2 is 1.95 bits per heavy atom. The van der Waals surface area contributed by atoms with Crippen LogP contribution in [0.15, 0.2) is 30.3 Å². The average Bonchev–Trinajstić information content (AvgIpc) is 2.48. The minimum Gasteiger partial charge on any atom is -0.549 e. The number of carboxylic acids is 1. The number of carboxylic acid groups (broad SMARTS) is 1. The van der Waals surface area contributed by atoms with Gasteiger partial charge in [0.2, 0.25) is 5.39 Å². The molecule has 0 saturated heterocycles. The number of diazo groups is 1. The van der Waals surface area contributed by atoms with Crippen molar-refractivity contribution in [3.63, 3.8) is 0 Å². The van der Waals surface area contributed by atoms with Crippen LogP contribution in [0, 0.1) is 23.1 Å². The molecule has 2 rings (SSSR count). The molecule has 1 fully saturated rings. The van der Waals surface area contributed by atoms with Gasteiger partial charge in [-0.05, 0) is 30.2 Å². The van der Waals surface area contributed by atoms with Gasteiger partial charge >= 0.3 is 6.04 Å². The molecule has 4 heteroatoms. The summed E-state index contributed by atoms with van der Waals surface area (Å²) in [5.74, 6) is -1.06. The van der Waals surface area contributed by atoms with Crippen molar-refractivity contribution < 1.29 is 9.90 Å². The molecule has 118 valence electrons. The van der Waals surface area contributed by atoms with Gasteiger partial charge < -0.3 is 9.90 Å². The number of nitrogens with zero attached hydrogens (tertiary/aromatic N) is 2. The first kappa shape index (κ1) is 16.5. The first-order valence-electron chi connectivity index (χ1n) is 8.05. The van der Waals surface area contributed by atoms with Crippen LogP contribution in [0.3, 0.4) is 0 Å². The summed E-state index contributed by atoms with van der Waals surface area (Å²) in [7, 11) is 0. The molecule has 0 heterocycles.